The Hall–Kier alpha value is -0.860. The quantitative estimate of drug-likeness (QED) is 0.480. The molecular weight excluding hydrogens is 338 g/mol. The lowest BCUT2D eigenvalue weighted by molar-refractivity contribution is 0.0516. The van der Waals surface area contributed by atoms with Gasteiger partial charge in [-0.25, -0.2) is 18.6 Å². The first-order valence-electron chi connectivity index (χ1n) is 4.28. The summed E-state index contributed by atoms with van der Waals surface area (Å²) in [5.41, 5.74) is -1.11. The van der Waals surface area contributed by atoms with E-state index in [0.29, 0.717) is 0 Å². The van der Waals surface area contributed by atoms with Crippen LogP contribution in [0.3, 0.4) is 0 Å². The summed E-state index contributed by atoms with van der Waals surface area (Å²) in [6, 6.07) is 1.07. The summed E-state index contributed by atoms with van der Waals surface area (Å²) in [6.45, 7) is 1.68. The molecule has 0 saturated heterocycles. The maximum atomic E-state index is 13.2. The van der Waals surface area contributed by atoms with E-state index in [0.717, 1.165) is 6.07 Å². The fourth-order valence-electron chi connectivity index (χ4n) is 0.998. The van der Waals surface area contributed by atoms with Crippen LogP contribution in [0.5, 0.6) is 0 Å². The predicted octanol–water partition coefficient (Wildman–Crippen LogP) is 2.94. The van der Waals surface area contributed by atoms with Gasteiger partial charge in [-0.2, -0.15) is 4.39 Å². The number of halogens is 4. The number of alkyl halides is 2. The number of hydrogen-bond donors (Lipinski definition) is 0. The van der Waals surface area contributed by atoms with Crippen LogP contribution >= 0.6 is 22.6 Å². The molecule has 1 aromatic heterocycles. The van der Waals surface area contributed by atoms with Crippen molar-refractivity contribution >= 4 is 28.6 Å². The van der Waals surface area contributed by atoms with Gasteiger partial charge in [-0.15, -0.1) is 0 Å². The highest BCUT2D eigenvalue weighted by Gasteiger charge is 2.22. The highest BCUT2D eigenvalue weighted by Crippen LogP contribution is 2.26. The summed E-state index contributed by atoms with van der Waals surface area (Å²) < 4.78 is 42.4. The van der Waals surface area contributed by atoms with Crippen LogP contribution in [0.2, 0.25) is 0 Å². The van der Waals surface area contributed by atoms with Crippen LogP contribution in [0.4, 0.5) is 13.2 Å². The number of esters is 1. The van der Waals surface area contributed by atoms with Gasteiger partial charge in [-0.1, -0.05) is 0 Å². The molecule has 1 heterocycles. The topological polar surface area (TPSA) is 39.2 Å². The largest absolute Gasteiger partial charge is 0.461 e. The lowest BCUT2D eigenvalue weighted by Crippen LogP contribution is -2.11. The van der Waals surface area contributed by atoms with Crippen molar-refractivity contribution in [1.82, 2.24) is 4.98 Å². The Morgan fingerprint density at radius 3 is 2.69 bits per heavy atom. The lowest BCUT2D eigenvalue weighted by Gasteiger charge is -2.06. The second kappa shape index (κ2) is 5.46. The SMILES string of the molecule is CCOC(=O)c1cc(I)c(C(F)F)c(F)n1. The maximum absolute atomic E-state index is 13.2. The second-order valence-electron chi connectivity index (χ2n) is 2.71. The molecule has 0 aliphatic carbocycles. The zero-order valence-corrected chi connectivity index (χ0v) is 10.3. The van der Waals surface area contributed by atoms with Crippen molar-refractivity contribution in [2.24, 2.45) is 0 Å². The minimum absolute atomic E-state index is 0.0526. The number of pyridine rings is 1. The molecule has 7 heteroatoms. The van der Waals surface area contributed by atoms with Gasteiger partial charge in [0.15, 0.2) is 5.69 Å². The highest BCUT2D eigenvalue weighted by atomic mass is 127. The van der Waals surface area contributed by atoms with E-state index < -0.39 is 23.9 Å². The van der Waals surface area contributed by atoms with E-state index in [4.69, 9.17) is 0 Å². The van der Waals surface area contributed by atoms with E-state index in [1.165, 1.54) is 22.6 Å². The minimum atomic E-state index is -2.96. The van der Waals surface area contributed by atoms with Crippen molar-refractivity contribution in [2.45, 2.75) is 13.3 Å². The number of rotatable bonds is 3. The Labute approximate surface area is 103 Å². The van der Waals surface area contributed by atoms with Gasteiger partial charge in [0.1, 0.15) is 0 Å². The monoisotopic (exact) mass is 345 g/mol. The van der Waals surface area contributed by atoms with E-state index in [9.17, 15) is 18.0 Å². The van der Waals surface area contributed by atoms with E-state index in [1.807, 2.05) is 0 Å². The van der Waals surface area contributed by atoms with Crippen molar-refractivity contribution in [1.29, 1.82) is 0 Å². The van der Waals surface area contributed by atoms with Gasteiger partial charge in [0.2, 0.25) is 5.95 Å². The van der Waals surface area contributed by atoms with Crippen LogP contribution in [0, 0.1) is 9.52 Å². The van der Waals surface area contributed by atoms with Gasteiger partial charge in [0.25, 0.3) is 6.43 Å². The summed E-state index contributed by atoms with van der Waals surface area (Å²) in [6.07, 6.45) is -2.96. The van der Waals surface area contributed by atoms with Crippen molar-refractivity contribution in [3.63, 3.8) is 0 Å². The molecule has 0 spiro atoms. The Balaban J connectivity index is 3.14. The van der Waals surface area contributed by atoms with E-state index in [2.05, 4.69) is 9.72 Å². The minimum Gasteiger partial charge on any atom is -0.461 e. The summed E-state index contributed by atoms with van der Waals surface area (Å²) in [5, 5.41) is 0. The molecule has 16 heavy (non-hydrogen) atoms. The van der Waals surface area contributed by atoms with E-state index in [-0.39, 0.29) is 15.9 Å². The summed E-state index contributed by atoms with van der Waals surface area (Å²) in [4.78, 5) is 14.3. The van der Waals surface area contributed by atoms with Crippen LogP contribution in [-0.4, -0.2) is 17.6 Å². The van der Waals surface area contributed by atoms with E-state index >= 15 is 0 Å². The zero-order valence-electron chi connectivity index (χ0n) is 8.14. The molecule has 0 N–H and O–H groups in total. The van der Waals surface area contributed by atoms with E-state index in [1.54, 1.807) is 6.92 Å². The molecule has 0 atom stereocenters. The molecule has 0 saturated carbocycles. The van der Waals surface area contributed by atoms with Crippen LogP contribution in [0.15, 0.2) is 6.07 Å². The molecule has 0 unspecified atom stereocenters. The molecule has 0 fully saturated rings. The standard InChI is InChI=1S/C9H7F3INO2/c1-2-16-9(15)5-3-4(13)6(7(10)11)8(12)14-5/h3,7H,2H2,1H3. The zero-order chi connectivity index (χ0) is 12.3. The van der Waals surface area contributed by atoms with Crippen molar-refractivity contribution in [2.75, 3.05) is 6.61 Å². The molecule has 1 rings (SSSR count). The molecule has 0 radical (unpaired) electrons. The van der Waals surface area contributed by atoms with Crippen LogP contribution in [-0.2, 0) is 4.74 Å². The smallest absolute Gasteiger partial charge is 0.357 e. The molecule has 0 amide bonds. The first-order valence-corrected chi connectivity index (χ1v) is 5.36. The molecule has 0 aliphatic rings. The highest BCUT2D eigenvalue weighted by molar-refractivity contribution is 14.1. The van der Waals surface area contributed by atoms with Crippen molar-refractivity contribution in [3.8, 4) is 0 Å². The third-order valence-corrected chi connectivity index (χ3v) is 2.56. The Bertz CT molecular complexity index is 389. The second-order valence-corrected chi connectivity index (χ2v) is 3.88. The molecular formula is C9H7F3INO2. The van der Waals surface area contributed by atoms with Gasteiger partial charge in [0, 0.05) is 3.57 Å². The normalized spacial score (nSPS) is 10.6. The van der Waals surface area contributed by atoms with Gasteiger partial charge in [0.05, 0.1) is 12.2 Å². The van der Waals surface area contributed by atoms with Gasteiger partial charge in [-0.3, -0.25) is 0 Å². The van der Waals surface area contributed by atoms with Crippen LogP contribution in [0.1, 0.15) is 29.4 Å². The number of carbonyl (C=O) groups excluding carboxylic acids is 1. The van der Waals surface area contributed by atoms with Crippen LogP contribution in [0.25, 0.3) is 0 Å². The van der Waals surface area contributed by atoms with Crippen LogP contribution < -0.4 is 0 Å². The van der Waals surface area contributed by atoms with Gasteiger partial charge >= 0.3 is 5.97 Å². The molecule has 0 aromatic carbocycles. The molecule has 0 bridgehead atoms. The maximum Gasteiger partial charge on any atom is 0.357 e. The Morgan fingerprint density at radius 2 is 2.25 bits per heavy atom. The lowest BCUT2D eigenvalue weighted by atomic mass is 10.2. The molecule has 3 nitrogen and oxygen atoms in total. The summed E-state index contributed by atoms with van der Waals surface area (Å²) in [7, 11) is 0. The number of ether oxygens (including phenoxy) is 1. The third kappa shape index (κ3) is 2.83. The van der Waals surface area contributed by atoms with Gasteiger partial charge < -0.3 is 4.74 Å². The fourth-order valence-corrected chi connectivity index (χ4v) is 1.75. The van der Waals surface area contributed by atoms with Gasteiger partial charge in [-0.05, 0) is 35.6 Å². The predicted molar refractivity (Wildman–Crippen MR) is 57.8 cm³/mol. The number of carbonyl (C=O) groups is 1. The Morgan fingerprint density at radius 1 is 1.62 bits per heavy atom. The molecule has 1 aromatic rings. The first-order chi connectivity index (χ1) is 7.47. The number of aromatic nitrogens is 1. The Kier molecular flexibility index (Phi) is 4.51. The average Bonchev–Trinajstić information content (AvgIpc) is 2.16. The fraction of sp³-hybridized carbons (Fsp3) is 0.333. The number of hydrogen-bond acceptors (Lipinski definition) is 3. The summed E-state index contributed by atoms with van der Waals surface area (Å²) in [5.74, 6) is -2.18. The molecule has 0 aliphatic heterocycles. The first kappa shape index (κ1) is 13.2. The average molecular weight is 345 g/mol. The third-order valence-electron chi connectivity index (χ3n) is 1.66. The number of nitrogens with zero attached hydrogens (tertiary/aromatic N) is 1. The van der Waals surface area contributed by atoms with Crippen molar-refractivity contribution < 1.29 is 22.7 Å². The van der Waals surface area contributed by atoms with Crippen molar-refractivity contribution in [3.05, 3.63) is 26.8 Å². The molecule has 88 valence electrons. The summed E-state index contributed by atoms with van der Waals surface area (Å²) >= 11 is 1.52.